The quantitative estimate of drug-likeness (QED) is 0.428. The molecule has 0 aliphatic rings. The van der Waals surface area contributed by atoms with Crippen LogP contribution in [-0.4, -0.2) is 35.2 Å². The number of alkyl halides is 3. The van der Waals surface area contributed by atoms with Crippen molar-refractivity contribution in [2.24, 2.45) is 4.99 Å². The third kappa shape index (κ3) is 4.61. The maximum atomic E-state index is 14.0. The number of rotatable bonds is 6. The number of hydrogen-bond donors (Lipinski definition) is 2. The molecule has 2 N–H and O–H groups in total. The number of para-hydroxylation sites is 1. The maximum absolute atomic E-state index is 14.0. The van der Waals surface area contributed by atoms with Crippen LogP contribution >= 0.6 is 0 Å². The smallest absolute Gasteiger partial charge is 0.422 e. The van der Waals surface area contributed by atoms with Crippen molar-refractivity contribution in [1.29, 1.82) is 0 Å². The van der Waals surface area contributed by atoms with Gasteiger partial charge >= 0.3 is 6.18 Å². The molecule has 0 fully saturated rings. The van der Waals surface area contributed by atoms with Crippen molar-refractivity contribution in [3.05, 3.63) is 70.3 Å². The number of aromatic amines is 1. The van der Waals surface area contributed by atoms with Gasteiger partial charge in [0.25, 0.3) is 0 Å². The van der Waals surface area contributed by atoms with Crippen molar-refractivity contribution >= 4 is 22.8 Å². The van der Waals surface area contributed by atoms with Gasteiger partial charge in [-0.3, -0.25) is 9.79 Å². The fraction of sp³-hybridized carbons (Fsp3) is 0.273. The lowest BCUT2D eigenvalue weighted by molar-refractivity contribution is -0.231. The highest BCUT2D eigenvalue weighted by Gasteiger charge is 2.53. The minimum atomic E-state index is -5.02. The summed E-state index contributed by atoms with van der Waals surface area (Å²) in [6.07, 6.45) is -5.32. The first-order chi connectivity index (χ1) is 14.6. The van der Waals surface area contributed by atoms with E-state index in [-0.39, 0.29) is 16.6 Å². The van der Waals surface area contributed by atoms with Crippen LogP contribution in [0, 0.1) is 5.82 Å². The van der Waals surface area contributed by atoms with Crippen molar-refractivity contribution in [2.75, 3.05) is 7.11 Å². The average Bonchev–Trinajstić information content (AvgIpc) is 2.72. The highest BCUT2D eigenvalue weighted by atomic mass is 19.4. The van der Waals surface area contributed by atoms with Gasteiger partial charge < -0.3 is 14.8 Å². The van der Waals surface area contributed by atoms with Crippen LogP contribution in [0.2, 0.25) is 0 Å². The van der Waals surface area contributed by atoms with E-state index < -0.39 is 35.5 Å². The molecule has 0 bridgehead atoms. The van der Waals surface area contributed by atoms with Crippen molar-refractivity contribution in [3.8, 4) is 5.75 Å². The first-order valence-corrected chi connectivity index (χ1v) is 9.34. The number of pyridine rings is 1. The van der Waals surface area contributed by atoms with E-state index in [1.807, 2.05) is 0 Å². The van der Waals surface area contributed by atoms with Crippen LogP contribution in [-0.2, 0) is 0 Å². The number of hydrogen-bond acceptors (Lipinski definition) is 4. The first kappa shape index (κ1) is 22.5. The molecular formula is C22H20F4N2O3. The van der Waals surface area contributed by atoms with Gasteiger partial charge in [-0.1, -0.05) is 25.1 Å². The molecule has 164 valence electrons. The zero-order valence-electron chi connectivity index (χ0n) is 16.7. The van der Waals surface area contributed by atoms with Gasteiger partial charge in [-0.05, 0) is 42.2 Å². The van der Waals surface area contributed by atoms with E-state index in [4.69, 9.17) is 4.74 Å². The van der Waals surface area contributed by atoms with E-state index in [0.29, 0.717) is 17.5 Å². The molecule has 0 aliphatic heterocycles. The Morgan fingerprint density at radius 3 is 2.55 bits per heavy atom. The van der Waals surface area contributed by atoms with Crippen LogP contribution in [0.25, 0.3) is 10.9 Å². The number of aliphatic hydroxyl groups is 1. The lowest BCUT2D eigenvalue weighted by Gasteiger charge is -2.30. The first-order valence-electron chi connectivity index (χ1n) is 9.34. The second kappa shape index (κ2) is 8.50. The van der Waals surface area contributed by atoms with Crippen molar-refractivity contribution in [1.82, 2.24) is 4.98 Å². The summed E-state index contributed by atoms with van der Waals surface area (Å²) >= 11 is 0. The van der Waals surface area contributed by atoms with Crippen LogP contribution < -0.4 is 10.3 Å². The van der Waals surface area contributed by atoms with Gasteiger partial charge in [0, 0.05) is 17.7 Å². The Kier molecular flexibility index (Phi) is 6.17. The Morgan fingerprint density at radius 2 is 1.87 bits per heavy atom. The standard InChI is InChI=1S/C22H20F4N2O3/c1-13(14-5-3-4-6-18(14)31-2)11-21(30,22(24,25)26)12-27-17-9-8-16(23)20-15(17)7-10-19(29)28-20/h3-10,12-13,30H,11H2,1-2H3,(H,28,29)/b27-12+. The number of ether oxygens (including phenoxy) is 1. The lowest BCUT2D eigenvalue weighted by Crippen LogP contribution is -2.47. The number of aliphatic imine (C=N–C) groups is 1. The van der Waals surface area contributed by atoms with Crippen LogP contribution in [0.3, 0.4) is 0 Å². The molecule has 31 heavy (non-hydrogen) atoms. The third-order valence-electron chi connectivity index (χ3n) is 5.02. The highest BCUT2D eigenvalue weighted by molar-refractivity contribution is 5.92. The number of aromatic nitrogens is 1. The van der Waals surface area contributed by atoms with E-state index in [1.165, 1.54) is 19.2 Å². The monoisotopic (exact) mass is 436 g/mol. The predicted octanol–water partition coefficient (Wildman–Crippen LogP) is 4.87. The topological polar surface area (TPSA) is 74.7 Å². The van der Waals surface area contributed by atoms with E-state index in [1.54, 1.807) is 31.2 Å². The second-order valence-corrected chi connectivity index (χ2v) is 7.21. The average molecular weight is 436 g/mol. The molecule has 0 saturated carbocycles. The van der Waals surface area contributed by atoms with E-state index in [9.17, 15) is 27.5 Å². The number of nitrogens with zero attached hydrogens (tertiary/aromatic N) is 1. The number of nitrogens with one attached hydrogen (secondary N) is 1. The maximum Gasteiger partial charge on any atom is 0.422 e. The minimum Gasteiger partial charge on any atom is -0.496 e. The zero-order valence-corrected chi connectivity index (χ0v) is 16.7. The molecule has 2 unspecified atom stereocenters. The molecule has 3 aromatic rings. The van der Waals surface area contributed by atoms with Gasteiger partial charge in [-0.15, -0.1) is 0 Å². The summed E-state index contributed by atoms with van der Waals surface area (Å²) < 4.78 is 60.6. The van der Waals surface area contributed by atoms with Crippen molar-refractivity contribution in [3.63, 3.8) is 0 Å². The summed E-state index contributed by atoms with van der Waals surface area (Å²) in [5, 5.41) is 10.6. The van der Waals surface area contributed by atoms with Gasteiger partial charge in [-0.25, -0.2) is 4.39 Å². The highest BCUT2D eigenvalue weighted by Crippen LogP contribution is 2.40. The summed E-state index contributed by atoms with van der Waals surface area (Å²) in [7, 11) is 1.41. The van der Waals surface area contributed by atoms with Crippen LogP contribution in [0.4, 0.5) is 23.2 Å². The van der Waals surface area contributed by atoms with Crippen LogP contribution in [0.1, 0.15) is 24.8 Å². The Morgan fingerprint density at radius 1 is 1.16 bits per heavy atom. The van der Waals surface area contributed by atoms with Gasteiger partial charge in [0.1, 0.15) is 11.6 Å². The number of H-pyrrole nitrogens is 1. The van der Waals surface area contributed by atoms with Gasteiger partial charge in [0.2, 0.25) is 5.56 Å². The molecule has 9 heteroatoms. The van der Waals surface area contributed by atoms with Gasteiger partial charge in [-0.2, -0.15) is 13.2 Å². The molecule has 0 radical (unpaired) electrons. The van der Waals surface area contributed by atoms with Crippen LogP contribution in [0.5, 0.6) is 5.75 Å². The summed E-state index contributed by atoms with van der Waals surface area (Å²) in [5.74, 6) is -1.07. The Labute approximate surface area is 175 Å². The lowest BCUT2D eigenvalue weighted by atomic mass is 9.86. The van der Waals surface area contributed by atoms with E-state index in [0.717, 1.165) is 12.1 Å². The normalized spacial score (nSPS) is 15.2. The molecule has 2 atom stereocenters. The molecule has 0 amide bonds. The number of fused-ring (bicyclic) bond motifs is 1. The summed E-state index contributed by atoms with van der Waals surface area (Å²) in [6.45, 7) is 1.54. The van der Waals surface area contributed by atoms with Crippen LogP contribution in [0.15, 0.2) is 58.3 Å². The summed E-state index contributed by atoms with van der Waals surface area (Å²) in [6, 6.07) is 11.1. The Bertz CT molecular complexity index is 1170. The van der Waals surface area contributed by atoms with E-state index >= 15 is 0 Å². The summed E-state index contributed by atoms with van der Waals surface area (Å²) in [4.78, 5) is 17.6. The predicted molar refractivity (Wildman–Crippen MR) is 110 cm³/mol. The number of methoxy groups -OCH3 is 1. The Balaban J connectivity index is 2.00. The fourth-order valence-electron chi connectivity index (χ4n) is 3.38. The fourth-order valence-corrected chi connectivity index (χ4v) is 3.38. The molecule has 2 aromatic carbocycles. The minimum absolute atomic E-state index is 0.0275. The molecular weight excluding hydrogens is 416 g/mol. The number of halogens is 4. The SMILES string of the molecule is COc1ccccc1C(C)CC(O)(/C=N/c1ccc(F)c2[nH]c(=O)ccc12)C(F)(F)F. The molecule has 3 rings (SSSR count). The second-order valence-electron chi connectivity index (χ2n) is 7.21. The summed E-state index contributed by atoms with van der Waals surface area (Å²) in [5.41, 5.74) is -3.52. The largest absolute Gasteiger partial charge is 0.496 e. The van der Waals surface area contributed by atoms with Crippen molar-refractivity contribution < 1.29 is 27.4 Å². The molecule has 0 saturated heterocycles. The Hall–Kier alpha value is -3.20. The molecule has 0 aliphatic carbocycles. The third-order valence-corrected chi connectivity index (χ3v) is 5.02. The molecule has 5 nitrogen and oxygen atoms in total. The molecule has 0 spiro atoms. The van der Waals surface area contributed by atoms with Crippen molar-refractivity contribution in [2.45, 2.75) is 31.0 Å². The molecule has 1 heterocycles. The van der Waals surface area contributed by atoms with Gasteiger partial charge in [0.05, 0.1) is 18.3 Å². The van der Waals surface area contributed by atoms with E-state index in [2.05, 4.69) is 9.98 Å². The zero-order chi connectivity index (χ0) is 22.8. The molecule has 1 aromatic heterocycles. The van der Waals surface area contributed by atoms with Gasteiger partial charge in [0.15, 0.2) is 5.60 Å². The number of benzene rings is 2.